The van der Waals surface area contributed by atoms with Gasteiger partial charge in [-0.1, -0.05) is 0 Å². The van der Waals surface area contributed by atoms with Crippen molar-refractivity contribution in [3.05, 3.63) is 23.3 Å². The Hall–Kier alpha value is -1.55. The molecule has 4 nitrogen and oxygen atoms in total. The molecular weight excluding hydrogens is 300 g/mol. The van der Waals surface area contributed by atoms with E-state index in [1.807, 2.05) is 26.0 Å². The molecule has 2 fully saturated rings. The van der Waals surface area contributed by atoms with Crippen LogP contribution in [0, 0.1) is 13.8 Å². The first-order valence-corrected chi connectivity index (χ1v) is 9.23. The Kier molecular flexibility index (Phi) is 4.60. The topological polar surface area (TPSA) is 38.3 Å². The van der Waals surface area contributed by atoms with Crippen molar-refractivity contribution in [3.8, 4) is 5.75 Å². The molecule has 1 aromatic rings. The SMILES string of the molecule is COc1cc(C)c(NC(=O)C2([N+]3(C)CCCCCC3)CC2)c(C)c1. The van der Waals surface area contributed by atoms with Crippen LogP contribution in [0.15, 0.2) is 12.1 Å². The van der Waals surface area contributed by atoms with Gasteiger partial charge in [-0.05, 0) is 62.8 Å². The first-order valence-electron chi connectivity index (χ1n) is 9.23. The Morgan fingerprint density at radius 3 is 2.08 bits per heavy atom. The number of benzene rings is 1. The number of nitrogens with one attached hydrogen (secondary N) is 1. The number of likely N-dealkylation sites (tertiary alicyclic amines) is 1. The van der Waals surface area contributed by atoms with Gasteiger partial charge in [-0.2, -0.15) is 0 Å². The molecule has 0 unspecified atom stereocenters. The summed E-state index contributed by atoms with van der Waals surface area (Å²) in [5.41, 5.74) is 2.88. The lowest BCUT2D eigenvalue weighted by Gasteiger charge is -2.41. The molecule has 24 heavy (non-hydrogen) atoms. The number of hydrogen-bond acceptors (Lipinski definition) is 2. The highest BCUT2D eigenvalue weighted by Crippen LogP contribution is 2.48. The van der Waals surface area contributed by atoms with Crippen molar-refractivity contribution >= 4 is 11.6 Å². The van der Waals surface area contributed by atoms with Crippen molar-refractivity contribution in [2.45, 2.75) is 57.9 Å². The van der Waals surface area contributed by atoms with Crippen molar-refractivity contribution < 1.29 is 14.0 Å². The van der Waals surface area contributed by atoms with E-state index in [1.54, 1.807) is 7.11 Å². The van der Waals surface area contributed by atoms with Gasteiger partial charge in [0.15, 0.2) is 5.54 Å². The van der Waals surface area contributed by atoms with Crippen molar-refractivity contribution in [3.63, 3.8) is 0 Å². The molecule has 132 valence electrons. The number of amides is 1. The Morgan fingerprint density at radius 1 is 1.08 bits per heavy atom. The summed E-state index contributed by atoms with van der Waals surface area (Å²) in [5.74, 6) is 1.05. The van der Waals surface area contributed by atoms with E-state index in [4.69, 9.17) is 4.74 Å². The molecule has 0 radical (unpaired) electrons. The number of hydrogen-bond donors (Lipinski definition) is 1. The summed E-state index contributed by atoms with van der Waals surface area (Å²) in [7, 11) is 3.97. The van der Waals surface area contributed by atoms with Gasteiger partial charge >= 0.3 is 0 Å². The van der Waals surface area contributed by atoms with Gasteiger partial charge in [-0.15, -0.1) is 0 Å². The molecule has 1 saturated carbocycles. The minimum absolute atomic E-state index is 0.205. The number of aryl methyl sites for hydroxylation is 2. The second-order valence-electron chi connectivity index (χ2n) is 7.88. The second kappa shape index (κ2) is 6.40. The lowest BCUT2D eigenvalue weighted by Crippen LogP contribution is -2.60. The zero-order chi connectivity index (χ0) is 17.4. The Labute approximate surface area is 145 Å². The first kappa shape index (κ1) is 17.3. The van der Waals surface area contributed by atoms with Crippen LogP contribution >= 0.6 is 0 Å². The summed E-state index contributed by atoms with van der Waals surface area (Å²) in [5, 5.41) is 3.27. The zero-order valence-corrected chi connectivity index (χ0v) is 15.6. The molecule has 1 heterocycles. The van der Waals surface area contributed by atoms with Crippen LogP contribution < -0.4 is 10.1 Å². The van der Waals surface area contributed by atoms with E-state index in [2.05, 4.69) is 12.4 Å². The monoisotopic (exact) mass is 331 g/mol. The molecule has 0 spiro atoms. The fraction of sp³-hybridized carbons (Fsp3) is 0.650. The standard InChI is InChI=1S/C20H30N2O2/c1-15-13-17(24-4)14-16(2)18(15)21-19(23)20(9-10-20)22(3)11-7-5-6-8-12-22/h13-14H,5-12H2,1-4H3/p+1. The molecule has 0 atom stereocenters. The molecule has 1 saturated heterocycles. The van der Waals surface area contributed by atoms with Gasteiger partial charge < -0.3 is 14.5 Å². The number of carbonyl (C=O) groups is 1. The Morgan fingerprint density at radius 2 is 1.62 bits per heavy atom. The first-order chi connectivity index (χ1) is 11.4. The van der Waals surface area contributed by atoms with E-state index in [0.29, 0.717) is 0 Å². The van der Waals surface area contributed by atoms with Gasteiger partial charge in [-0.25, -0.2) is 0 Å². The number of anilines is 1. The molecule has 1 N–H and O–H groups in total. The number of likely N-dealkylation sites (N-methyl/N-ethyl adjacent to an activating group) is 1. The quantitative estimate of drug-likeness (QED) is 0.852. The summed E-state index contributed by atoms with van der Waals surface area (Å²) in [6.45, 7) is 6.34. The van der Waals surface area contributed by atoms with E-state index in [0.717, 1.165) is 53.0 Å². The summed E-state index contributed by atoms with van der Waals surface area (Å²) in [4.78, 5) is 13.2. The molecule has 1 aromatic carbocycles. The maximum absolute atomic E-state index is 13.2. The van der Waals surface area contributed by atoms with Crippen LogP contribution in [0.3, 0.4) is 0 Å². The zero-order valence-electron chi connectivity index (χ0n) is 15.6. The number of ether oxygens (including phenoxy) is 1. The van der Waals surface area contributed by atoms with E-state index < -0.39 is 0 Å². The minimum atomic E-state index is -0.205. The number of nitrogens with zero attached hydrogens (tertiary/aromatic N) is 1. The largest absolute Gasteiger partial charge is 0.497 e. The smallest absolute Gasteiger partial charge is 0.285 e. The predicted octanol–water partition coefficient (Wildman–Crippen LogP) is 3.80. The Bertz CT molecular complexity index is 604. The fourth-order valence-corrected chi connectivity index (χ4v) is 4.41. The molecule has 1 aliphatic heterocycles. The van der Waals surface area contributed by atoms with E-state index in [-0.39, 0.29) is 11.4 Å². The van der Waals surface area contributed by atoms with Gasteiger partial charge in [0, 0.05) is 18.5 Å². The van der Waals surface area contributed by atoms with Gasteiger partial charge in [0.1, 0.15) is 5.75 Å². The molecule has 4 heteroatoms. The van der Waals surface area contributed by atoms with E-state index in [1.165, 1.54) is 25.7 Å². The third-order valence-electron chi connectivity index (χ3n) is 6.21. The van der Waals surface area contributed by atoms with Gasteiger partial charge in [-0.3, -0.25) is 4.79 Å². The summed E-state index contributed by atoms with van der Waals surface area (Å²) in [6.07, 6.45) is 7.13. The van der Waals surface area contributed by atoms with Crippen molar-refractivity contribution in [1.82, 2.24) is 0 Å². The number of carbonyl (C=O) groups excluding carboxylic acids is 1. The number of methoxy groups -OCH3 is 1. The molecule has 3 rings (SSSR count). The lowest BCUT2D eigenvalue weighted by molar-refractivity contribution is -0.933. The van der Waals surface area contributed by atoms with Crippen molar-refractivity contribution in [2.24, 2.45) is 0 Å². The van der Waals surface area contributed by atoms with Gasteiger partial charge in [0.25, 0.3) is 5.91 Å². The molecule has 1 aliphatic carbocycles. The van der Waals surface area contributed by atoms with E-state index >= 15 is 0 Å². The van der Waals surface area contributed by atoms with Crippen LogP contribution in [0.25, 0.3) is 0 Å². The summed E-state index contributed by atoms with van der Waals surface area (Å²) >= 11 is 0. The molecule has 0 aromatic heterocycles. The number of rotatable bonds is 4. The van der Waals surface area contributed by atoms with Crippen LogP contribution in [-0.4, -0.2) is 43.2 Å². The van der Waals surface area contributed by atoms with Gasteiger partial charge in [0.2, 0.25) is 0 Å². The van der Waals surface area contributed by atoms with Crippen LogP contribution in [-0.2, 0) is 4.79 Å². The summed E-state index contributed by atoms with van der Waals surface area (Å²) in [6, 6.07) is 3.98. The molecule has 2 aliphatic rings. The van der Waals surface area contributed by atoms with Crippen LogP contribution in [0.4, 0.5) is 5.69 Å². The van der Waals surface area contributed by atoms with Crippen molar-refractivity contribution in [2.75, 3.05) is 32.6 Å². The maximum atomic E-state index is 13.2. The maximum Gasteiger partial charge on any atom is 0.285 e. The third kappa shape index (κ3) is 2.92. The predicted molar refractivity (Wildman–Crippen MR) is 97.4 cm³/mol. The fourth-order valence-electron chi connectivity index (χ4n) is 4.41. The second-order valence-corrected chi connectivity index (χ2v) is 7.88. The minimum Gasteiger partial charge on any atom is -0.497 e. The van der Waals surface area contributed by atoms with E-state index in [9.17, 15) is 4.79 Å². The normalized spacial score (nSPS) is 21.7. The van der Waals surface area contributed by atoms with Crippen molar-refractivity contribution in [1.29, 1.82) is 0 Å². The lowest BCUT2D eigenvalue weighted by atomic mass is 10.1. The highest BCUT2D eigenvalue weighted by Gasteiger charge is 2.63. The highest BCUT2D eigenvalue weighted by molar-refractivity contribution is 6.00. The van der Waals surface area contributed by atoms with Gasteiger partial charge in [0.05, 0.1) is 27.2 Å². The highest BCUT2D eigenvalue weighted by atomic mass is 16.5. The average Bonchev–Trinajstić information content (AvgIpc) is 3.36. The van der Waals surface area contributed by atoms with Crippen LogP contribution in [0.1, 0.15) is 49.7 Å². The molecular formula is C20H31N2O2+. The third-order valence-corrected chi connectivity index (χ3v) is 6.21. The van der Waals surface area contributed by atoms with Crippen LogP contribution in [0.5, 0.6) is 5.75 Å². The van der Waals surface area contributed by atoms with Crippen LogP contribution in [0.2, 0.25) is 0 Å². The Balaban J connectivity index is 1.82. The number of quaternary nitrogens is 1. The average molecular weight is 331 g/mol. The molecule has 1 amide bonds. The molecule has 0 bridgehead atoms. The summed E-state index contributed by atoms with van der Waals surface area (Å²) < 4.78 is 6.25.